The summed E-state index contributed by atoms with van der Waals surface area (Å²) in [6.07, 6.45) is 0.976. The molecule has 0 radical (unpaired) electrons. The lowest BCUT2D eigenvalue weighted by molar-refractivity contribution is 0.150. The summed E-state index contributed by atoms with van der Waals surface area (Å²) in [5.74, 6) is 0.382. The van der Waals surface area contributed by atoms with E-state index < -0.39 is 10.0 Å². The zero-order chi connectivity index (χ0) is 11.8. The van der Waals surface area contributed by atoms with Gasteiger partial charge >= 0.3 is 0 Å². The molecule has 0 N–H and O–H groups in total. The van der Waals surface area contributed by atoms with Crippen LogP contribution in [0.25, 0.3) is 0 Å². The number of sulfonamides is 1. The molecule has 1 aromatic rings. The van der Waals surface area contributed by atoms with Gasteiger partial charge in [-0.05, 0) is 24.5 Å². The van der Waals surface area contributed by atoms with Crippen LogP contribution in [0.2, 0.25) is 0 Å². The third-order valence-electron chi connectivity index (χ3n) is 3.13. The van der Waals surface area contributed by atoms with E-state index in [0.717, 1.165) is 6.42 Å². The minimum atomic E-state index is -3.26. The SMILES string of the molecule is CC(C)C1CCN1S(=O)(=O)c1ccccc1. The summed E-state index contributed by atoms with van der Waals surface area (Å²) in [5, 5.41) is 0. The van der Waals surface area contributed by atoms with Crippen molar-refractivity contribution in [3.05, 3.63) is 30.3 Å². The summed E-state index contributed by atoms with van der Waals surface area (Å²) < 4.78 is 26.1. The number of hydrogen-bond donors (Lipinski definition) is 0. The van der Waals surface area contributed by atoms with Crippen LogP contribution in [0.1, 0.15) is 20.3 Å². The van der Waals surface area contributed by atoms with Gasteiger partial charge in [0.05, 0.1) is 4.90 Å². The van der Waals surface area contributed by atoms with Gasteiger partial charge in [-0.2, -0.15) is 4.31 Å². The number of benzene rings is 1. The van der Waals surface area contributed by atoms with Crippen LogP contribution in [0.15, 0.2) is 35.2 Å². The fraction of sp³-hybridized carbons (Fsp3) is 0.500. The van der Waals surface area contributed by atoms with E-state index in [0.29, 0.717) is 17.4 Å². The zero-order valence-electron chi connectivity index (χ0n) is 9.63. The van der Waals surface area contributed by atoms with Gasteiger partial charge in [-0.3, -0.25) is 0 Å². The normalized spacial score (nSPS) is 22.1. The quantitative estimate of drug-likeness (QED) is 0.810. The van der Waals surface area contributed by atoms with Crippen LogP contribution in [-0.4, -0.2) is 25.3 Å². The lowest BCUT2D eigenvalue weighted by Crippen LogP contribution is -2.53. The van der Waals surface area contributed by atoms with Crippen LogP contribution in [-0.2, 0) is 10.0 Å². The topological polar surface area (TPSA) is 37.4 Å². The standard InChI is InChI=1S/C12H17NO2S/c1-10(2)12-8-9-13(12)16(14,15)11-6-4-3-5-7-11/h3-7,10,12H,8-9H2,1-2H3. The van der Waals surface area contributed by atoms with E-state index in [2.05, 4.69) is 13.8 Å². The van der Waals surface area contributed by atoms with Crippen molar-refractivity contribution in [3.8, 4) is 0 Å². The van der Waals surface area contributed by atoms with Gasteiger partial charge in [0.15, 0.2) is 0 Å². The molecule has 88 valence electrons. The van der Waals surface area contributed by atoms with Crippen LogP contribution in [0.3, 0.4) is 0 Å². The maximum Gasteiger partial charge on any atom is 0.243 e. The van der Waals surface area contributed by atoms with E-state index >= 15 is 0 Å². The molecule has 0 aromatic heterocycles. The van der Waals surface area contributed by atoms with Gasteiger partial charge in [-0.15, -0.1) is 0 Å². The van der Waals surface area contributed by atoms with Gasteiger partial charge < -0.3 is 0 Å². The summed E-state index contributed by atoms with van der Waals surface area (Å²) in [6, 6.07) is 8.84. The Hall–Kier alpha value is -0.870. The predicted molar refractivity (Wildman–Crippen MR) is 63.6 cm³/mol. The third kappa shape index (κ3) is 1.87. The van der Waals surface area contributed by atoms with Crippen LogP contribution in [0.4, 0.5) is 0 Å². The minimum absolute atomic E-state index is 0.171. The molecule has 1 aliphatic rings. The fourth-order valence-electron chi connectivity index (χ4n) is 2.08. The van der Waals surface area contributed by atoms with Crippen molar-refractivity contribution >= 4 is 10.0 Å². The summed E-state index contributed by atoms with van der Waals surface area (Å²) >= 11 is 0. The van der Waals surface area contributed by atoms with Crippen LogP contribution >= 0.6 is 0 Å². The lowest BCUT2D eigenvalue weighted by Gasteiger charge is -2.42. The van der Waals surface area contributed by atoms with E-state index in [1.165, 1.54) is 0 Å². The van der Waals surface area contributed by atoms with Crippen molar-refractivity contribution in [2.45, 2.75) is 31.2 Å². The molecule has 1 saturated heterocycles. The Morgan fingerprint density at radius 1 is 1.25 bits per heavy atom. The molecular weight excluding hydrogens is 222 g/mol. The number of hydrogen-bond acceptors (Lipinski definition) is 2. The van der Waals surface area contributed by atoms with E-state index in [-0.39, 0.29) is 6.04 Å². The molecular formula is C12H17NO2S. The molecule has 1 unspecified atom stereocenters. The van der Waals surface area contributed by atoms with Crippen LogP contribution in [0.5, 0.6) is 0 Å². The summed E-state index contributed by atoms with van der Waals surface area (Å²) in [4.78, 5) is 0.403. The van der Waals surface area contributed by atoms with Crippen LogP contribution < -0.4 is 0 Å². The molecule has 4 heteroatoms. The smallest absolute Gasteiger partial charge is 0.207 e. The molecule has 1 aromatic carbocycles. The Bertz CT molecular complexity index is 453. The summed E-state index contributed by atoms with van der Waals surface area (Å²) in [6.45, 7) is 4.79. The number of nitrogens with zero attached hydrogens (tertiary/aromatic N) is 1. The molecule has 0 saturated carbocycles. The van der Waals surface area contributed by atoms with Crippen molar-refractivity contribution in [1.82, 2.24) is 4.31 Å². The van der Waals surface area contributed by atoms with E-state index in [4.69, 9.17) is 0 Å². The van der Waals surface area contributed by atoms with Gasteiger partial charge in [0.2, 0.25) is 10.0 Å². The average Bonchev–Trinajstić information content (AvgIpc) is 2.15. The van der Waals surface area contributed by atoms with E-state index in [1.54, 1.807) is 28.6 Å². The molecule has 0 amide bonds. The molecule has 1 heterocycles. The molecule has 1 aliphatic heterocycles. The largest absolute Gasteiger partial charge is 0.243 e. The Kier molecular flexibility index (Phi) is 3.04. The van der Waals surface area contributed by atoms with Crippen molar-refractivity contribution in [3.63, 3.8) is 0 Å². The maximum absolute atomic E-state index is 12.3. The van der Waals surface area contributed by atoms with E-state index in [9.17, 15) is 8.42 Å². The van der Waals surface area contributed by atoms with Gasteiger partial charge in [0.25, 0.3) is 0 Å². The van der Waals surface area contributed by atoms with Crippen molar-refractivity contribution < 1.29 is 8.42 Å². The molecule has 3 nitrogen and oxygen atoms in total. The Labute approximate surface area is 97.1 Å². The van der Waals surface area contributed by atoms with Crippen molar-refractivity contribution in [2.75, 3.05) is 6.54 Å². The Morgan fingerprint density at radius 3 is 2.31 bits per heavy atom. The highest BCUT2D eigenvalue weighted by atomic mass is 32.2. The Balaban J connectivity index is 2.28. The van der Waals surface area contributed by atoms with E-state index in [1.807, 2.05) is 6.07 Å². The molecule has 0 spiro atoms. The van der Waals surface area contributed by atoms with Gasteiger partial charge in [0, 0.05) is 12.6 Å². The molecule has 0 aliphatic carbocycles. The van der Waals surface area contributed by atoms with Gasteiger partial charge in [-0.1, -0.05) is 32.0 Å². The first-order valence-corrected chi connectivity index (χ1v) is 7.04. The average molecular weight is 239 g/mol. The zero-order valence-corrected chi connectivity index (χ0v) is 10.4. The van der Waals surface area contributed by atoms with Crippen molar-refractivity contribution in [2.24, 2.45) is 5.92 Å². The second kappa shape index (κ2) is 4.18. The van der Waals surface area contributed by atoms with Crippen LogP contribution in [0, 0.1) is 5.92 Å². The predicted octanol–water partition coefficient (Wildman–Crippen LogP) is 2.11. The number of rotatable bonds is 3. The highest BCUT2D eigenvalue weighted by Crippen LogP contribution is 2.30. The molecule has 16 heavy (non-hydrogen) atoms. The maximum atomic E-state index is 12.3. The highest BCUT2D eigenvalue weighted by molar-refractivity contribution is 7.89. The van der Waals surface area contributed by atoms with Gasteiger partial charge in [-0.25, -0.2) is 8.42 Å². The first-order chi connectivity index (χ1) is 7.53. The third-order valence-corrected chi connectivity index (χ3v) is 5.07. The lowest BCUT2D eigenvalue weighted by atomic mass is 9.95. The van der Waals surface area contributed by atoms with Crippen molar-refractivity contribution in [1.29, 1.82) is 0 Å². The molecule has 0 bridgehead atoms. The first kappa shape index (κ1) is 11.6. The molecule has 1 fully saturated rings. The Morgan fingerprint density at radius 2 is 1.88 bits per heavy atom. The highest BCUT2D eigenvalue weighted by Gasteiger charge is 2.39. The van der Waals surface area contributed by atoms with Gasteiger partial charge in [0.1, 0.15) is 0 Å². The second-order valence-electron chi connectivity index (χ2n) is 4.53. The molecule has 1 atom stereocenters. The first-order valence-electron chi connectivity index (χ1n) is 5.60. The summed E-state index contributed by atoms with van der Waals surface area (Å²) in [7, 11) is -3.26. The minimum Gasteiger partial charge on any atom is -0.207 e. The second-order valence-corrected chi connectivity index (χ2v) is 6.42. The summed E-state index contributed by atoms with van der Waals surface area (Å²) in [5.41, 5.74) is 0. The monoisotopic (exact) mass is 239 g/mol. The molecule has 2 rings (SSSR count). The fourth-order valence-corrected chi connectivity index (χ4v) is 3.90.